The van der Waals surface area contributed by atoms with Gasteiger partial charge in [0.05, 0.1) is 35.4 Å². The molecule has 52 heavy (non-hydrogen) atoms. The highest BCUT2D eigenvalue weighted by Gasteiger charge is 2.37. The molecule has 5 aromatic rings. The minimum Gasteiger partial charge on any atom is -0.460 e. The van der Waals surface area contributed by atoms with Crippen molar-refractivity contribution in [2.75, 3.05) is 5.75 Å². The van der Waals surface area contributed by atoms with Gasteiger partial charge in [-0.1, -0.05) is 67.6 Å². The molecule has 0 N–H and O–H groups in total. The van der Waals surface area contributed by atoms with Crippen molar-refractivity contribution in [3.63, 3.8) is 0 Å². The van der Waals surface area contributed by atoms with Crippen LogP contribution >= 0.6 is 0 Å². The molecule has 1 fully saturated rings. The molecule has 270 valence electrons. The van der Waals surface area contributed by atoms with Crippen LogP contribution in [0.1, 0.15) is 53.4 Å². The zero-order chi connectivity index (χ0) is 36.9. The number of carbonyl (C=O) groups excluding carboxylic acids is 1. The number of carbonyl (C=O) groups is 1. The van der Waals surface area contributed by atoms with Gasteiger partial charge >= 0.3 is 13.1 Å². The third-order valence-electron chi connectivity index (χ3n) is 8.46. The van der Waals surface area contributed by atoms with Crippen LogP contribution in [-0.2, 0) is 35.2 Å². The number of imidazole rings is 1. The van der Waals surface area contributed by atoms with Gasteiger partial charge in [0.15, 0.2) is 0 Å². The summed E-state index contributed by atoms with van der Waals surface area (Å²) >= 11 is 0. The van der Waals surface area contributed by atoms with Crippen molar-refractivity contribution < 1.29 is 31.6 Å². The van der Waals surface area contributed by atoms with Crippen molar-refractivity contribution in [1.29, 1.82) is 0 Å². The summed E-state index contributed by atoms with van der Waals surface area (Å²) in [6.07, 6.45) is 2.03. The molecule has 6 rings (SSSR count). The van der Waals surface area contributed by atoms with Gasteiger partial charge in [0.2, 0.25) is 15.0 Å². The van der Waals surface area contributed by atoms with Gasteiger partial charge < -0.3 is 18.6 Å². The van der Waals surface area contributed by atoms with E-state index in [1.165, 1.54) is 18.3 Å². The summed E-state index contributed by atoms with van der Waals surface area (Å²) in [6, 6.07) is 26.9. The fourth-order valence-electron chi connectivity index (χ4n) is 6.24. The van der Waals surface area contributed by atoms with Crippen LogP contribution in [-0.4, -0.2) is 64.6 Å². The van der Waals surface area contributed by atoms with E-state index in [1.54, 1.807) is 25.1 Å². The summed E-state index contributed by atoms with van der Waals surface area (Å²) in [5, 5.41) is -0.269. The van der Waals surface area contributed by atoms with Gasteiger partial charge in [-0.25, -0.2) is 27.8 Å². The molecule has 0 aliphatic carbocycles. The number of sulfone groups is 1. The van der Waals surface area contributed by atoms with E-state index < -0.39 is 34.5 Å². The maximum Gasteiger partial charge on any atom is 0.494 e. The Balaban J connectivity index is 1.42. The molecule has 2 atom stereocenters. The van der Waals surface area contributed by atoms with Crippen LogP contribution in [0.25, 0.3) is 34.0 Å². The van der Waals surface area contributed by atoms with Gasteiger partial charge in [-0.3, -0.25) is 4.79 Å². The van der Waals surface area contributed by atoms with Gasteiger partial charge in [0.1, 0.15) is 17.2 Å². The smallest absolute Gasteiger partial charge is 0.460 e. The molecule has 0 amide bonds. The molecule has 0 unspecified atom stereocenters. The third kappa shape index (κ3) is 9.01. The lowest BCUT2D eigenvalue weighted by Crippen LogP contribution is -2.49. The molecule has 2 aromatic heterocycles. The number of hydrogen-bond acceptors (Lipinski definition) is 9. The van der Waals surface area contributed by atoms with Crippen LogP contribution in [0.5, 0.6) is 0 Å². The molecule has 1 saturated heterocycles. The van der Waals surface area contributed by atoms with Crippen molar-refractivity contribution in [2.45, 2.75) is 82.9 Å². The topological polar surface area (TPSA) is 122 Å². The normalized spacial score (nSPS) is 16.5. The monoisotopic (exact) mass is 724 g/mol. The Morgan fingerprint density at radius 1 is 0.923 bits per heavy atom. The number of rotatable bonds is 12. The molecule has 1 aliphatic rings. The summed E-state index contributed by atoms with van der Waals surface area (Å²) in [6.45, 7) is 7.66. The lowest BCUT2D eigenvalue weighted by Gasteiger charge is -2.35. The van der Waals surface area contributed by atoms with E-state index in [2.05, 4.69) is 9.97 Å². The van der Waals surface area contributed by atoms with E-state index in [0.717, 1.165) is 11.0 Å². The fraction of sp³-hybridized carbons (Fsp3) is 0.333. The molecule has 3 heterocycles. The SMILES string of the molecule is CCCS(=O)(=O)c1nccc(-c2c(-c3ccc(F)cc3)nc(-c3ccccc3)n2CC[C@@H]2C[C@H](CC(=O)OC(C)(C)C)OB(c3ccccc3)O2)n1. The zero-order valence-corrected chi connectivity index (χ0v) is 30.6. The quantitative estimate of drug-likeness (QED) is 0.0787. The Kier molecular flexibility index (Phi) is 11.3. The Labute approximate surface area is 304 Å². The predicted molar refractivity (Wildman–Crippen MR) is 198 cm³/mol. The van der Waals surface area contributed by atoms with Crippen LogP contribution in [0.4, 0.5) is 4.39 Å². The summed E-state index contributed by atoms with van der Waals surface area (Å²) in [4.78, 5) is 26.7. The standard InChI is InChI=1S/C39H42BFN4O6S/c1-5-24-52(47,48)38-42-22-20-33(43-38)36-35(27-16-18-30(41)19-17-27)44-37(28-12-8-6-9-13-28)45(36)23-21-31-25-32(26-34(46)49-39(2,3)4)51-40(50-31)29-14-10-7-11-15-29/h6-20,22,31-32H,5,21,23-26H2,1-4H3/t31-,32-/m1/s1. The Hall–Kier alpha value is -4.72. The highest BCUT2D eigenvalue weighted by molar-refractivity contribution is 7.91. The molecule has 0 bridgehead atoms. The van der Waals surface area contributed by atoms with E-state index in [-0.39, 0.29) is 29.4 Å². The van der Waals surface area contributed by atoms with E-state index in [4.69, 9.17) is 19.0 Å². The first-order valence-corrected chi connectivity index (χ1v) is 19.1. The summed E-state index contributed by atoms with van der Waals surface area (Å²) < 4.78 is 60.9. The van der Waals surface area contributed by atoms with Gasteiger partial charge in [0.25, 0.3) is 0 Å². The van der Waals surface area contributed by atoms with Gasteiger partial charge in [-0.15, -0.1) is 0 Å². The molecule has 0 saturated carbocycles. The van der Waals surface area contributed by atoms with E-state index >= 15 is 0 Å². The molecule has 0 radical (unpaired) electrons. The predicted octanol–water partition coefficient (Wildman–Crippen LogP) is 6.69. The first-order valence-electron chi connectivity index (χ1n) is 17.5. The van der Waals surface area contributed by atoms with E-state index in [9.17, 15) is 17.6 Å². The zero-order valence-electron chi connectivity index (χ0n) is 29.7. The van der Waals surface area contributed by atoms with Crippen LogP contribution in [0.3, 0.4) is 0 Å². The number of aromatic nitrogens is 4. The van der Waals surface area contributed by atoms with Crippen LogP contribution in [0.15, 0.2) is 102 Å². The molecule has 13 heteroatoms. The van der Waals surface area contributed by atoms with Gasteiger partial charge in [-0.05, 0) is 75.8 Å². The van der Waals surface area contributed by atoms with Crippen LogP contribution in [0.2, 0.25) is 0 Å². The van der Waals surface area contributed by atoms with E-state index in [0.29, 0.717) is 54.3 Å². The Morgan fingerprint density at radius 2 is 1.60 bits per heavy atom. The second-order valence-corrected chi connectivity index (χ2v) is 15.8. The number of benzene rings is 3. The number of hydrogen-bond donors (Lipinski definition) is 0. The first kappa shape index (κ1) is 37.1. The number of nitrogens with zero attached hydrogens (tertiary/aromatic N) is 4. The Morgan fingerprint density at radius 3 is 2.27 bits per heavy atom. The number of halogens is 1. The molecular weight excluding hydrogens is 682 g/mol. The highest BCUT2D eigenvalue weighted by Crippen LogP contribution is 2.37. The van der Waals surface area contributed by atoms with Gasteiger partial charge in [0, 0.05) is 30.0 Å². The maximum atomic E-state index is 14.1. The largest absolute Gasteiger partial charge is 0.494 e. The molecule has 10 nitrogen and oxygen atoms in total. The van der Waals surface area contributed by atoms with Crippen molar-refractivity contribution in [2.24, 2.45) is 0 Å². The number of ether oxygens (including phenoxy) is 1. The fourth-order valence-corrected chi connectivity index (χ4v) is 7.42. The molecular formula is C39H42BFN4O6S. The highest BCUT2D eigenvalue weighted by atomic mass is 32.2. The minimum atomic E-state index is -3.74. The van der Waals surface area contributed by atoms with Crippen molar-refractivity contribution >= 4 is 28.4 Å². The third-order valence-corrected chi connectivity index (χ3v) is 10.2. The van der Waals surface area contributed by atoms with Crippen molar-refractivity contribution in [3.8, 4) is 34.0 Å². The van der Waals surface area contributed by atoms with Crippen LogP contribution in [0, 0.1) is 5.82 Å². The average molecular weight is 725 g/mol. The second kappa shape index (κ2) is 15.9. The number of esters is 1. The summed E-state index contributed by atoms with van der Waals surface area (Å²) in [5.41, 5.74) is 3.07. The molecule has 0 spiro atoms. The summed E-state index contributed by atoms with van der Waals surface area (Å²) in [5.74, 6) is -0.226. The first-order chi connectivity index (χ1) is 24.9. The lowest BCUT2D eigenvalue weighted by atomic mass is 9.76. The van der Waals surface area contributed by atoms with Gasteiger partial charge in [-0.2, -0.15) is 0 Å². The maximum absolute atomic E-state index is 14.1. The molecule has 1 aliphatic heterocycles. The molecule has 3 aromatic carbocycles. The van der Waals surface area contributed by atoms with Crippen molar-refractivity contribution in [3.05, 3.63) is 103 Å². The lowest BCUT2D eigenvalue weighted by molar-refractivity contribution is -0.157. The summed E-state index contributed by atoms with van der Waals surface area (Å²) in [7, 11) is -4.45. The minimum absolute atomic E-state index is 0.0662. The van der Waals surface area contributed by atoms with E-state index in [1.807, 2.05) is 86.0 Å². The second-order valence-electron chi connectivity index (χ2n) is 13.8. The van der Waals surface area contributed by atoms with Crippen LogP contribution < -0.4 is 5.46 Å². The average Bonchev–Trinajstić information content (AvgIpc) is 3.50. The Bertz CT molecular complexity index is 2090. The van der Waals surface area contributed by atoms with Crippen molar-refractivity contribution in [1.82, 2.24) is 19.5 Å².